The number of halogens is 4. The van der Waals surface area contributed by atoms with Crippen LogP contribution in [0.3, 0.4) is 0 Å². The molecule has 0 radical (unpaired) electrons. The van der Waals surface area contributed by atoms with E-state index in [4.69, 9.17) is 0 Å². The van der Waals surface area contributed by atoms with Crippen molar-refractivity contribution in [3.63, 3.8) is 0 Å². The van der Waals surface area contributed by atoms with Crippen molar-refractivity contribution >= 4 is 0 Å². The number of hydrogen-bond acceptors (Lipinski definition) is 1. The Morgan fingerprint density at radius 3 is 2.10 bits per heavy atom. The molecule has 0 heterocycles. The van der Waals surface area contributed by atoms with Crippen LogP contribution in [0.2, 0.25) is 0 Å². The summed E-state index contributed by atoms with van der Waals surface area (Å²) in [5.74, 6) is -3.41. The predicted molar refractivity (Wildman–Crippen MR) is 68.2 cm³/mol. The topological polar surface area (TPSA) is 12.0 Å². The first-order chi connectivity index (χ1) is 9.52. The molecule has 2 rings (SSSR count). The Hall–Kier alpha value is -1.88. The molecular formula is C15H13F4N. The molecule has 5 heteroatoms. The minimum Gasteiger partial charge on any atom is -0.313 e. The van der Waals surface area contributed by atoms with Gasteiger partial charge in [-0.3, -0.25) is 0 Å². The highest BCUT2D eigenvalue weighted by Crippen LogP contribution is 2.25. The Labute approximate surface area is 114 Å². The summed E-state index contributed by atoms with van der Waals surface area (Å²) < 4.78 is 54.0. The lowest BCUT2D eigenvalue weighted by atomic mass is 9.97. The van der Waals surface area contributed by atoms with E-state index in [0.29, 0.717) is 17.7 Å². The summed E-state index contributed by atoms with van der Waals surface area (Å²) >= 11 is 0. The van der Waals surface area contributed by atoms with Crippen molar-refractivity contribution in [3.05, 3.63) is 70.8 Å². The van der Waals surface area contributed by atoms with Gasteiger partial charge in [0.1, 0.15) is 23.3 Å². The first-order valence-electron chi connectivity index (χ1n) is 6.08. The third-order valence-electron chi connectivity index (χ3n) is 3.12. The summed E-state index contributed by atoms with van der Waals surface area (Å²) in [6, 6.07) is 6.44. The van der Waals surface area contributed by atoms with Gasteiger partial charge in [0, 0.05) is 23.7 Å². The summed E-state index contributed by atoms with van der Waals surface area (Å²) in [5, 5.41) is 2.73. The molecule has 0 amide bonds. The predicted octanol–water partition coefficient (Wildman–Crippen LogP) is 3.75. The molecule has 0 spiro atoms. The molecule has 0 saturated carbocycles. The highest BCUT2D eigenvalue weighted by Gasteiger charge is 2.21. The molecule has 0 aliphatic rings. The van der Waals surface area contributed by atoms with Crippen LogP contribution in [-0.2, 0) is 6.42 Å². The third-order valence-corrected chi connectivity index (χ3v) is 3.12. The quantitative estimate of drug-likeness (QED) is 0.843. The highest BCUT2D eigenvalue weighted by atomic mass is 19.1. The lowest BCUT2D eigenvalue weighted by molar-refractivity contribution is 0.470. The van der Waals surface area contributed by atoms with Crippen LogP contribution in [0.15, 0.2) is 36.4 Å². The lowest BCUT2D eigenvalue weighted by Crippen LogP contribution is -2.22. The van der Waals surface area contributed by atoms with Crippen molar-refractivity contribution in [2.45, 2.75) is 12.5 Å². The second-order valence-corrected chi connectivity index (χ2v) is 4.42. The summed E-state index contributed by atoms with van der Waals surface area (Å²) in [7, 11) is 1.51. The first-order valence-corrected chi connectivity index (χ1v) is 6.08. The zero-order valence-corrected chi connectivity index (χ0v) is 10.8. The highest BCUT2D eigenvalue weighted by molar-refractivity contribution is 5.27. The molecule has 0 aliphatic heterocycles. The second-order valence-electron chi connectivity index (χ2n) is 4.42. The van der Waals surface area contributed by atoms with Crippen LogP contribution in [-0.4, -0.2) is 7.05 Å². The monoisotopic (exact) mass is 283 g/mol. The van der Waals surface area contributed by atoms with Gasteiger partial charge >= 0.3 is 0 Å². The smallest absolute Gasteiger partial charge is 0.133 e. The number of hydrogen-bond donors (Lipinski definition) is 1. The maximum absolute atomic E-state index is 13.7. The molecule has 2 aromatic rings. The molecule has 106 valence electrons. The Bertz CT molecular complexity index is 590. The minimum atomic E-state index is -0.988. The van der Waals surface area contributed by atoms with E-state index >= 15 is 0 Å². The van der Waals surface area contributed by atoms with E-state index in [2.05, 4.69) is 5.32 Å². The van der Waals surface area contributed by atoms with E-state index in [0.717, 1.165) is 0 Å². The Kier molecular flexibility index (Phi) is 4.39. The van der Waals surface area contributed by atoms with Gasteiger partial charge in [-0.15, -0.1) is 0 Å². The lowest BCUT2D eigenvalue weighted by Gasteiger charge is -2.18. The van der Waals surface area contributed by atoms with Gasteiger partial charge in [0.2, 0.25) is 0 Å². The maximum atomic E-state index is 13.7. The summed E-state index contributed by atoms with van der Waals surface area (Å²) in [6.45, 7) is 0. The van der Waals surface area contributed by atoms with Crippen LogP contribution >= 0.6 is 0 Å². The van der Waals surface area contributed by atoms with Crippen LogP contribution in [0.5, 0.6) is 0 Å². The average Bonchev–Trinajstić information content (AvgIpc) is 2.38. The van der Waals surface area contributed by atoms with Gasteiger partial charge in [0.15, 0.2) is 0 Å². The summed E-state index contributed by atoms with van der Waals surface area (Å²) in [6.07, 6.45) is 0.0582. The van der Waals surface area contributed by atoms with Crippen LogP contribution in [0, 0.1) is 23.3 Å². The summed E-state index contributed by atoms with van der Waals surface area (Å²) in [5.41, 5.74) is 0.0344. The molecule has 1 nitrogen and oxygen atoms in total. The van der Waals surface area contributed by atoms with Gasteiger partial charge in [-0.1, -0.05) is 18.2 Å². The standard InChI is InChI=1S/C15H13F4N/c1-20-14(6-9-4-2-3-5-11(9)17)15-12(18)7-10(16)8-13(15)19/h2-5,7-8,14,20H,6H2,1H3. The minimum absolute atomic E-state index is 0.0582. The van der Waals surface area contributed by atoms with Crippen LogP contribution < -0.4 is 5.32 Å². The second kappa shape index (κ2) is 6.05. The fourth-order valence-electron chi connectivity index (χ4n) is 2.12. The SMILES string of the molecule is CNC(Cc1ccccc1F)c1c(F)cc(F)cc1F. The Morgan fingerprint density at radius 1 is 0.950 bits per heavy atom. The van der Waals surface area contributed by atoms with Gasteiger partial charge in [-0.2, -0.15) is 0 Å². The number of rotatable bonds is 4. The van der Waals surface area contributed by atoms with E-state index in [9.17, 15) is 17.6 Å². The number of benzene rings is 2. The van der Waals surface area contributed by atoms with Crippen LogP contribution in [0.25, 0.3) is 0 Å². The molecule has 1 atom stereocenters. The Morgan fingerprint density at radius 2 is 1.55 bits per heavy atom. The van der Waals surface area contributed by atoms with Crippen molar-refractivity contribution < 1.29 is 17.6 Å². The van der Waals surface area contributed by atoms with Crippen LogP contribution in [0.1, 0.15) is 17.2 Å². The van der Waals surface area contributed by atoms with Gasteiger partial charge in [0.05, 0.1) is 0 Å². The molecular weight excluding hydrogens is 270 g/mol. The van der Waals surface area contributed by atoms with Crippen molar-refractivity contribution in [2.24, 2.45) is 0 Å². The summed E-state index contributed by atoms with van der Waals surface area (Å²) in [4.78, 5) is 0. The molecule has 0 aliphatic carbocycles. The molecule has 0 aromatic heterocycles. The fraction of sp³-hybridized carbons (Fsp3) is 0.200. The van der Waals surface area contributed by atoms with E-state index in [-0.39, 0.29) is 12.0 Å². The largest absolute Gasteiger partial charge is 0.313 e. The zero-order valence-electron chi connectivity index (χ0n) is 10.8. The van der Waals surface area contributed by atoms with Crippen molar-refractivity contribution in [3.8, 4) is 0 Å². The van der Waals surface area contributed by atoms with Gasteiger partial charge < -0.3 is 5.32 Å². The maximum Gasteiger partial charge on any atom is 0.133 e. The average molecular weight is 283 g/mol. The molecule has 0 fully saturated rings. The third kappa shape index (κ3) is 2.99. The van der Waals surface area contributed by atoms with Gasteiger partial charge in [-0.05, 0) is 25.1 Å². The molecule has 0 bridgehead atoms. The first kappa shape index (κ1) is 14.5. The number of nitrogens with one attached hydrogen (secondary N) is 1. The fourth-order valence-corrected chi connectivity index (χ4v) is 2.12. The zero-order chi connectivity index (χ0) is 14.7. The van der Waals surface area contributed by atoms with E-state index in [1.54, 1.807) is 12.1 Å². The van der Waals surface area contributed by atoms with Crippen molar-refractivity contribution in [1.29, 1.82) is 0 Å². The van der Waals surface area contributed by atoms with Gasteiger partial charge in [-0.25, -0.2) is 17.6 Å². The van der Waals surface area contributed by atoms with E-state index in [1.165, 1.54) is 19.2 Å². The molecule has 1 unspecified atom stereocenters. The van der Waals surface area contributed by atoms with E-state index in [1.807, 2.05) is 0 Å². The molecule has 1 N–H and O–H groups in total. The normalized spacial score (nSPS) is 12.4. The molecule has 20 heavy (non-hydrogen) atoms. The van der Waals surface area contributed by atoms with Crippen LogP contribution in [0.4, 0.5) is 17.6 Å². The van der Waals surface area contributed by atoms with Gasteiger partial charge in [0.25, 0.3) is 0 Å². The van der Waals surface area contributed by atoms with Crippen molar-refractivity contribution in [2.75, 3.05) is 7.05 Å². The molecule has 2 aromatic carbocycles. The Balaban J connectivity index is 2.37. The van der Waals surface area contributed by atoms with Crippen molar-refractivity contribution in [1.82, 2.24) is 5.32 Å². The number of likely N-dealkylation sites (N-methyl/N-ethyl adjacent to an activating group) is 1. The van der Waals surface area contributed by atoms with E-state index < -0.39 is 29.3 Å². The molecule has 0 saturated heterocycles.